The highest BCUT2D eigenvalue weighted by molar-refractivity contribution is 5.94. The van der Waals surface area contributed by atoms with Gasteiger partial charge in [0.05, 0.1) is 12.1 Å². The Kier molecular flexibility index (Phi) is 6.16. The van der Waals surface area contributed by atoms with Crippen LogP contribution in [-0.2, 0) is 0 Å². The third kappa shape index (κ3) is 4.61. The van der Waals surface area contributed by atoms with Crippen LogP contribution in [0.1, 0.15) is 45.7 Å². The standard InChI is InChI=1S/C23H26N6O3/c1-15-7-8-19(12-16(15)2)26-23(31)28-10-5-11-29(22(30)18-6-4-9-24-13-18)20(14-28)21-25-17(3)27-32-21/h4,6-9,12-13,20H,5,10-11,14H2,1-3H3,(H,26,31). The van der Waals surface area contributed by atoms with Crippen molar-refractivity contribution in [2.75, 3.05) is 25.0 Å². The Morgan fingerprint density at radius 1 is 1.12 bits per heavy atom. The van der Waals surface area contributed by atoms with Gasteiger partial charge in [0, 0.05) is 31.2 Å². The van der Waals surface area contributed by atoms with Gasteiger partial charge in [-0.05, 0) is 62.6 Å². The van der Waals surface area contributed by atoms with Crippen molar-refractivity contribution in [3.63, 3.8) is 0 Å². The summed E-state index contributed by atoms with van der Waals surface area (Å²) >= 11 is 0. The average Bonchev–Trinajstić information content (AvgIpc) is 3.10. The van der Waals surface area contributed by atoms with Gasteiger partial charge in [0.1, 0.15) is 6.04 Å². The Labute approximate surface area is 186 Å². The smallest absolute Gasteiger partial charge is 0.321 e. The van der Waals surface area contributed by atoms with E-state index in [2.05, 4.69) is 20.4 Å². The number of anilines is 1. The minimum atomic E-state index is -0.558. The molecule has 1 aliphatic heterocycles. The molecule has 0 saturated carbocycles. The minimum Gasteiger partial charge on any atom is -0.337 e. The van der Waals surface area contributed by atoms with Gasteiger partial charge in [-0.15, -0.1) is 0 Å². The van der Waals surface area contributed by atoms with Crippen molar-refractivity contribution < 1.29 is 14.1 Å². The molecule has 1 N–H and O–H groups in total. The summed E-state index contributed by atoms with van der Waals surface area (Å²) in [5.74, 6) is 0.602. The summed E-state index contributed by atoms with van der Waals surface area (Å²) in [6.07, 6.45) is 3.78. The van der Waals surface area contributed by atoms with E-state index in [0.29, 0.717) is 36.8 Å². The number of nitrogens with one attached hydrogen (secondary N) is 1. The van der Waals surface area contributed by atoms with Crippen molar-refractivity contribution in [2.45, 2.75) is 33.2 Å². The Balaban J connectivity index is 1.58. The molecule has 1 aromatic carbocycles. The first-order valence-electron chi connectivity index (χ1n) is 10.6. The van der Waals surface area contributed by atoms with Crippen LogP contribution >= 0.6 is 0 Å². The van der Waals surface area contributed by atoms with Gasteiger partial charge in [-0.25, -0.2) is 4.79 Å². The molecule has 3 aromatic rings. The second kappa shape index (κ2) is 9.17. The molecule has 166 valence electrons. The van der Waals surface area contributed by atoms with Gasteiger partial charge in [-0.1, -0.05) is 11.2 Å². The summed E-state index contributed by atoms with van der Waals surface area (Å²) < 4.78 is 5.42. The number of carbonyl (C=O) groups is 2. The van der Waals surface area contributed by atoms with E-state index >= 15 is 0 Å². The van der Waals surface area contributed by atoms with Gasteiger partial charge in [0.25, 0.3) is 11.8 Å². The SMILES string of the molecule is Cc1noc(C2CN(C(=O)Nc3ccc(C)c(C)c3)CCCN2C(=O)c2cccnc2)n1. The average molecular weight is 435 g/mol. The van der Waals surface area contributed by atoms with Gasteiger partial charge in [-0.2, -0.15) is 4.98 Å². The zero-order valence-corrected chi connectivity index (χ0v) is 18.4. The van der Waals surface area contributed by atoms with Crippen LogP contribution in [0.4, 0.5) is 10.5 Å². The van der Waals surface area contributed by atoms with Crippen molar-refractivity contribution >= 4 is 17.6 Å². The lowest BCUT2D eigenvalue weighted by Gasteiger charge is -2.29. The number of hydrogen-bond acceptors (Lipinski definition) is 6. The lowest BCUT2D eigenvalue weighted by atomic mass is 10.1. The van der Waals surface area contributed by atoms with E-state index in [-0.39, 0.29) is 18.5 Å². The molecule has 1 fully saturated rings. The highest BCUT2D eigenvalue weighted by atomic mass is 16.5. The highest BCUT2D eigenvalue weighted by Crippen LogP contribution is 2.26. The number of aromatic nitrogens is 3. The molecule has 1 atom stereocenters. The first-order valence-corrected chi connectivity index (χ1v) is 10.6. The second-order valence-corrected chi connectivity index (χ2v) is 7.96. The molecule has 1 aliphatic rings. The van der Waals surface area contributed by atoms with Gasteiger partial charge < -0.3 is 19.6 Å². The van der Waals surface area contributed by atoms with Gasteiger partial charge in [0.15, 0.2) is 5.82 Å². The van der Waals surface area contributed by atoms with Gasteiger partial charge in [0.2, 0.25) is 0 Å². The number of pyridine rings is 1. The van der Waals surface area contributed by atoms with Crippen molar-refractivity contribution in [2.24, 2.45) is 0 Å². The molecule has 32 heavy (non-hydrogen) atoms. The highest BCUT2D eigenvalue weighted by Gasteiger charge is 2.35. The Hall–Kier alpha value is -3.75. The minimum absolute atomic E-state index is 0.185. The van der Waals surface area contributed by atoms with E-state index in [1.54, 1.807) is 35.1 Å². The predicted octanol–water partition coefficient (Wildman–Crippen LogP) is 3.51. The lowest BCUT2D eigenvalue weighted by Crippen LogP contribution is -2.41. The molecule has 3 amide bonds. The zero-order valence-electron chi connectivity index (χ0n) is 18.4. The van der Waals surface area contributed by atoms with Crippen LogP contribution in [0.3, 0.4) is 0 Å². The molecule has 9 nitrogen and oxygen atoms in total. The summed E-state index contributed by atoms with van der Waals surface area (Å²) in [7, 11) is 0. The summed E-state index contributed by atoms with van der Waals surface area (Å²) in [4.78, 5) is 38.1. The van der Waals surface area contributed by atoms with Crippen LogP contribution < -0.4 is 5.32 Å². The van der Waals surface area contributed by atoms with E-state index < -0.39 is 6.04 Å². The van der Waals surface area contributed by atoms with Crippen LogP contribution in [-0.4, -0.2) is 56.5 Å². The molecule has 1 unspecified atom stereocenters. The number of hydrogen-bond donors (Lipinski definition) is 1. The van der Waals surface area contributed by atoms with E-state index in [0.717, 1.165) is 16.8 Å². The summed E-state index contributed by atoms with van der Waals surface area (Å²) in [5, 5.41) is 6.86. The quantitative estimate of drug-likeness (QED) is 0.676. The Bertz CT molecular complexity index is 1110. The second-order valence-electron chi connectivity index (χ2n) is 7.96. The summed E-state index contributed by atoms with van der Waals surface area (Å²) in [6, 6.07) is 8.46. The van der Waals surface area contributed by atoms with Crippen LogP contribution in [0.2, 0.25) is 0 Å². The molecule has 0 aliphatic carbocycles. The number of carbonyl (C=O) groups excluding carboxylic acids is 2. The molecule has 2 aromatic heterocycles. The van der Waals surface area contributed by atoms with Gasteiger partial charge >= 0.3 is 6.03 Å². The van der Waals surface area contributed by atoms with Crippen LogP contribution in [0.25, 0.3) is 0 Å². The third-order valence-electron chi connectivity index (χ3n) is 5.64. The molecule has 3 heterocycles. The van der Waals surface area contributed by atoms with Crippen molar-refractivity contribution in [3.8, 4) is 0 Å². The molecule has 4 rings (SSSR count). The topological polar surface area (TPSA) is 104 Å². The van der Waals surface area contributed by atoms with Crippen molar-refractivity contribution in [1.82, 2.24) is 24.9 Å². The van der Waals surface area contributed by atoms with E-state index in [9.17, 15) is 9.59 Å². The maximum Gasteiger partial charge on any atom is 0.321 e. The first kappa shape index (κ1) is 21.5. The van der Waals surface area contributed by atoms with E-state index in [1.165, 1.54) is 6.20 Å². The normalized spacial score (nSPS) is 16.5. The molecular formula is C23H26N6O3. The Morgan fingerprint density at radius 2 is 1.97 bits per heavy atom. The number of urea groups is 1. The Morgan fingerprint density at radius 3 is 2.66 bits per heavy atom. The number of aryl methyl sites for hydroxylation is 3. The largest absolute Gasteiger partial charge is 0.337 e. The fraction of sp³-hybridized carbons (Fsp3) is 0.348. The van der Waals surface area contributed by atoms with Crippen LogP contribution in [0, 0.1) is 20.8 Å². The maximum absolute atomic E-state index is 13.3. The first-order chi connectivity index (χ1) is 15.4. The molecule has 0 radical (unpaired) electrons. The predicted molar refractivity (Wildman–Crippen MR) is 118 cm³/mol. The molecule has 0 bridgehead atoms. The monoisotopic (exact) mass is 434 g/mol. The zero-order chi connectivity index (χ0) is 22.7. The number of amides is 3. The third-order valence-corrected chi connectivity index (χ3v) is 5.64. The van der Waals surface area contributed by atoms with Gasteiger partial charge in [-0.3, -0.25) is 9.78 Å². The van der Waals surface area contributed by atoms with Crippen LogP contribution in [0.5, 0.6) is 0 Å². The van der Waals surface area contributed by atoms with E-state index in [1.807, 2.05) is 32.0 Å². The summed E-state index contributed by atoms with van der Waals surface area (Å²) in [6.45, 7) is 6.95. The fourth-order valence-corrected chi connectivity index (χ4v) is 3.75. The molecule has 1 saturated heterocycles. The number of nitrogens with zero attached hydrogens (tertiary/aromatic N) is 5. The molecule has 9 heteroatoms. The summed E-state index contributed by atoms with van der Waals surface area (Å²) in [5.41, 5.74) is 3.47. The van der Waals surface area contributed by atoms with E-state index in [4.69, 9.17) is 4.52 Å². The maximum atomic E-state index is 13.3. The molecule has 0 spiro atoms. The van der Waals surface area contributed by atoms with Crippen molar-refractivity contribution in [1.29, 1.82) is 0 Å². The number of benzene rings is 1. The number of rotatable bonds is 3. The lowest BCUT2D eigenvalue weighted by molar-refractivity contribution is 0.0641. The fourth-order valence-electron chi connectivity index (χ4n) is 3.75. The molecular weight excluding hydrogens is 408 g/mol. The van der Waals surface area contributed by atoms with Crippen LogP contribution in [0.15, 0.2) is 47.2 Å². The van der Waals surface area contributed by atoms with Crippen molar-refractivity contribution in [3.05, 3.63) is 71.1 Å².